The Morgan fingerprint density at radius 1 is 0.174 bits per heavy atom. The maximum Gasteiger partial charge on any atom is 0.135 e. The first-order valence-corrected chi connectivity index (χ1v) is 23.9. The first kappa shape index (κ1) is 38.1. The molecule has 0 N–H and O–H groups in total. The predicted molar refractivity (Wildman–Crippen MR) is 296 cm³/mol. The Kier molecular flexibility index (Phi) is 8.13. The monoisotopic (exact) mass is 872 g/mol. The second-order valence-electron chi connectivity index (χ2n) is 18.8. The quantitative estimate of drug-likeness (QED) is 0.161. The minimum Gasteiger partial charge on any atom is -0.456 e. The van der Waals surface area contributed by atoms with Gasteiger partial charge in [-0.05, 0) is 191 Å². The Morgan fingerprint density at radius 2 is 0.493 bits per heavy atom. The van der Waals surface area contributed by atoms with Gasteiger partial charge in [0.05, 0.1) is 0 Å². The van der Waals surface area contributed by atoms with E-state index in [1.807, 2.05) is 0 Å². The van der Waals surface area contributed by atoms with Gasteiger partial charge in [-0.2, -0.15) is 0 Å². The van der Waals surface area contributed by atoms with Crippen LogP contribution in [-0.4, -0.2) is 0 Å². The smallest absolute Gasteiger partial charge is 0.135 e. The van der Waals surface area contributed by atoms with Crippen molar-refractivity contribution >= 4 is 108 Å². The van der Waals surface area contributed by atoms with E-state index in [2.05, 4.69) is 243 Å². The number of rotatable bonds is 4. The van der Waals surface area contributed by atoms with Crippen molar-refractivity contribution in [2.75, 3.05) is 0 Å². The number of hydrogen-bond donors (Lipinski definition) is 0. The highest BCUT2D eigenvalue weighted by Crippen LogP contribution is 2.42. The van der Waals surface area contributed by atoms with Crippen LogP contribution in [0.3, 0.4) is 0 Å². The van der Waals surface area contributed by atoms with Crippen LogP contribution in [-0.2, 0) is 0 Å². The molecular formula is C68H40O. The molecule has 318 valence electrons. The number of fused-ring (bicyclic) bond motifs is 15. The third-order valence-electron chi connectivity index (χ3n) is 15.0. The van der Waals surface area contributed by atoms with E-state index < -0.39 is 0 Å². The molecule has 15 aromatic rings. The molecule has 0 aliphatic rings. The van der Waals surface area contributed by atoms with Gasteiger partial charge in [-0.1, -0.05) is 182 Å². The van der Waals surface area contributed by atoms with Crippen LogP contribution in [0.4, 0.5) is 0 Å². The van der Waals surface area contributed by atoms with E-state index in [1.165, 1.54) is 131 Å². The number of furan rings is 1. The zero-order chi connectivity index (χ0) is 45.2. The van der Waals surface area contributed by atoms with Crippen LogP contribution in [0.25, 0.3) is 153 Å². The molecule has 1 aromatic heterocycles. The van der Waals surface area contributed by atoms with Crippen molar-refractivity contribution in [2.24, 2.45) is 0 Å². The van der Waals surface area contributed by atoms with Gasteiger partial charge in [0.2, 0.25) is 0 Å². The number of hydrogen-bond acceptors (Lipinski definition) is 1. The average molecular weight is 873 g/mol. The van der Waals surface area contributed by atoms with Gasteiger partial charge in [-0.15, -0.1) is 0 Å². The minimum absolute atomic E-state index is 0.895. The van der Waals surface area contributed by atoms with Crippen molar-refractivity contribution in [1.82, 2.24) is 0 Å². The van der Waals surface area contributed by atoms with E-state index in [1.54, 1.807) is 0 Å². The zero-order valence-corrected chi connectivity index (χ0v) is 37.5. The van der Waals surface area contributed by atoms with Crippen LogP contribution >= 0.6 is 0 Å². The van der Waals surface area contributed by atoms with Gasteiger partial charge >= 0.3 is 0 Å². The standard InChI is InChI=1S/C68H40O/c1-3-11-53-41(9-1)25-29-59-55-13-5-7-15-57(55)61(39-63(53)59)51-23-21-43-33-45(17-19-47(43)35-51)49-27-31-67-65(37-49)66-38-50(28-32-68(66)69-67)46-18-20-48-36-52(24-22-44(48)34-46)62-40-64-54-12-4-2-10-42(54)26-30-60(64)56-14-6-8-16-58(56)62/h1-40H. The van der Waals surface area contributed by atoms with Gasteiger partial charge in [0.15, 0.2) is 0 Å². The van der Waals surface area contributed by atoms with E-state index in [9.17, 15) is 0 Å². The molecule has 0 atom stereocenters. The van der Waals surface area contributed by atoms with E-state index in [0.29, 0.717) is 0 Å². The molecule has 0 bridgehead atoms. The van der Waals surface area contributed by atoms with Gasteiger partial charge in [-0.25, -0.2) is 0 Å². The van der Waals surface area contributed by atoms with Gasteiger partial charge in [0.1, 0.15) is 11.2 Å². The molecule has 0 fully saturated rings. The normalized spacial score (nSPS) is 12.1. The third kappa shape index (κ3) is 5.97. The van der Waals surface area contributed by atoms with Crippen LogP contribution in [0.2, 0.25) is 0 Å². The van der Waals surface area contributed by atoms with Crippen molar-refractivity contribution < 1.29 is 4.42 Å². The molecule has 69 heavy (non-hydrogen) atoms. The molecule has 0 aliphatic carbocycles. The third-order valence-corrected chi connectivity index (χ3v) is 15.0. The van der Waals surface area contributed by atoms with E-state index in [0.717, 1.165) is 21.9 Å². The summed E-state index contributed by atoms with van der Waals surface area (Å²) in [7, 11) is 0. The molecule has 15 rings (SSSR count). The summed E-state index contributed by atoms with van der Waals surface area (Å²) < 4.78 is 6.45. The first-order valence-electron chi connectivity index (χ1n) is 23.9. The van der Waals surface area contributed by atoms with Crippen molar-refractivity contribution in [3.63, 3.8) is 0 Å². The van der Waals surface area contributed by atoms with Crippen LogP contribution in [0.15, 0.2) is 247 Å². The van der Waals surface area contributed by atoms with Crippen LogP contribution in [0.5, 0.6) is 0 Å². The molecule has 0 saturated heterocycles. The maximum atomic E-state index is 6.45. The second kappa shape index (κ2) is 14.7. The molecule has 1 heterocycles. The lowest BCUT2D eigenvalue weighted by Gasteiger charge is -2.14. The Morgan fingerprint density at radius 3 is 0.942 bits per heavy atom. The van der Waals surface area contributed by atoms with Crippen molar-refractivity contribution in [3.05, 3.63) is 243 Å². The van der Waals surface area contributed by atoms with Gasteiger partial charge < -0.3 is 4.42 Å². The van der Waals surface area contributed by atoms with Crippen LogP contribution in [0.1, 0.15) is 0 Å². The van der Waals surface area contributed by atoms with E-state index in [4.69, 9.17) is 4.42 Å². The summed E-state index contributed by atoms with van der Waals surface area (Å²) in [5, 5.41) is 22.5. The Bertz CT molecular complexity index is 4370. The maximum absolute atomic E-state index is 6.45. The Balaban J connectivity index is 0.773. The minimum atomic E-state index is 0.895. The fourth-order valence-electron chi connectivity index (χ4n) is 11.5. The van der Waals surface area contributed by atoms with Crippen molar-refractivity contribution in [3.8, 4) is 44.5 Å². The van der Waals surface area contributed by atoms with E-state index in [-0.39, 0.29) is 0 Å². The summed E-state index contributed by atoms with van der Waals surface area (Å²) in [6.45, 7) is 0. The lowest BCUT2D eigenvalue weighted by molar-refractivity contribution is 0.669. The van der Waals surface area contributed by atoms with Crippen molar-refractivity contribution in [2.45, 2.75) is 0 Å². The fourth-order valence-corrected chi connectivity index (χ4v) is 11.5. The molecule has 1 nitrogen and oxygen atoms in total. The Labute approximate surface area is 397 Å². The van der Waals surface area contributed by atoms with Crippen molar-refractivity contribution in [1.29, 1.82) is 0 Å². The van der Waals surface area contributed by atoms with E-state index >= 15 is 0 Å². The highest BCUT2D eigenvalue weighted by atomic mass is 16.3. The summed E-state index contributed by atoms with van der Waals surface area (Å²) in [6.07, 6.45) is 0. The molecule has 1 heteroatoms. The van der Waals surface area contributed by atoms with Gasteiger partial charge in [0, 0.05) is 10.8 Å². The second-order valence-corrected chi connectivity index (χ2v) is 18.8. The molecule has 0 amide bonds. The zero-order valence-electron chi connectivity index (χ0n) is 37.5. The lowest BCUT2D eigenvalue weighted by atomic mass is 9.90. The lowest BCUT2D eigenvalue weighted by Crippen LogP contribution is -1.87. The average Bonchev–Trinajstić information content (AvgIpc) is 3.79. The topological polar surface area (TPSA) is 13.1 Å². The Hall–Kier alpha value is -9.04. The summed E-state index contributed by atoms with van der Waals surface area (Å²) in [5.41, 5.74) is 11.5. The predicted octanol–water partition coefficient (Wildman–Crippen LogP) is 19.5. The molecule has 0 spiro atoms. The summed E-state index contributed by atoms with van der Waals surface area (Å²) in [4.78, 5) is 0. The fraction of sp³-hybridized carbons (Fsp3) is 0. The van der Waals surface area contributed by atoms with Crippen LogP contribution in [0, 0.1) is 0 Å². The molecule has 0 aliphatic heterocycles. The van der Waals surface area contributed by atoms with Gasteiger partial charge in [-0.3, -0.25) is 0 Å². The molecule has 0 saturated carbocycles. The highest BCUT2D eigenvalue weighted by Gasteiger charge is 2.16. The first-order chi connectivity index (χ1) is 34.1. The summed E-state index contributed by atoms with van der Waals surface area (Å²) >= 11 is 0. The molecular weight excluding hydrogens is 833 g/mol. The molecule has 0 unspecified atom stereocenters. The summed E-state index contributed by atoms with van der Waals surface area (Å²) in [6, 6.07) is 89.7. The van der Waals surface area contributed by atoms with Gasteiger partial charge in [0.25, 0.3) is 0 Å². The highest BCUT2D eigenvalue weighted by molar-refractivity contribution is 6.23. The molecule has 0 radical (unpaired) electrons. The molecule has 14 aromatic carbocycles. The summed E-state index contributed by atoms with van der Waals surface area (Å²) in [5.74, 6) is 0. The SMILES string of the molecule is c1ccc2c(c1)ccc1c3ccccc3c(-c3ccc4cc(-c5ccc6oc7ccc(-c8ccc9cc(-c%10cc%11c%12ccccc%12ccc%11c%11ccccc%10%11)ccc9c8)cc7c6c5)ccc4c3)cc21. The largest absolute Gasteiger partial charge is 0.456 e. The number of benzene rings is 14. The van der Waals surface area contributed by atoms with Crippen LogP contribution < -0.4 is 0 Å².